The van der Waals surface area contributed by atoms with Crippen LogP contribution in [-0.4, -0.2) is 93.4 Å². The SMILES string of the molecule is CCCN1C(=O)C2NC(c3ccc(S(=O)(=O)NCCN(C)C)cc3)=NC2N(CCC)C1=O. The van der Waals surface area contributed by atoms with E-state index < -0.39 is 22.2 Å². The van der Waals surface area contributed by atoms with E-state index in [4.69, 9.17) is 0 Å². The zero-order chi connectivity index (χ0) is 23.5. The number of amides is 3. The standard InChI is InChI=1S/C21H32N6O4S/c1-5-12-26-19-17(20(28)27(13-6-2)21(26)29)23-18(24-19)15-7-9-16(10-8-15)32(30,31)22-11-14-25(3)4/h7-10,17,19,22H,5-6,11-14H2,1-4H3,(H,23,24). The summed E-state index contributed by atoms with van der Waals surface area (Å²) in [6.45, 7) is 5.67. The summed E-state index contributed by atoms with van der Waals surface area (Å²) in [7, 11) is 0.131. The van der Waals surface area contributed by atoms with Crippen molar-refractivity contribution in [1.82, 2.24) is 24.7 Å². The molecule has 0 spiro atoms. The zero-order valence-electron chi connectivity index (χ0n) is 19.0. The molecule has 32 heavy (non-hydrogen) atoms. The summed E-state index contributed by atoms with van der Waals surface area (Å²) in [5, 5.41) is 3.16. The number of hydrogen-bond acceptors (Lipinski definition) is 7. The largest absolute Gasteiger partial charge is 0.355 e. The van der Waals surface area contributed by atoms with Crippen molar-refractivity contribution >= 4 is 27.8 Å². The molecular formula is C21H32N6O4S. The topological polar surface area (TPSA) is 114 Å². The molecule has 3 rings (SSSR count). The first-order valence-electron chi connectivity index (χ1n) is 10.9. The molecule has 2 aliphatic rings. The molecule has 3 amide bonds. The fourth-order valence-corrected chi connectivity index (χ4v) is 4.79. The van der Waals surface area contributed by atoms with Crippen LogP contribution in [0.15, 0.2) is 34.2 Å². The molecule has 2 unspecified atom stereocenters. The van der Waals surface area contributed by atoms with Crippen molar-refractivity contribution < 1.29 is 18.0 Å². The van der Waals surface area contributed by atoms with Gasteiger partial charge in [-0.3, -0.25) is 14.6 Å². The van der Waals surface area contributed by atoms with Crippen LogP contribution >= 0.6 is 0 Å². The second-order valence-corrected chi connectivity index (χ2v) is 9.97. The molecule has 11 heteroatoms. The van der Waals surface area contributed by atoms with Gasteiger partial charge >= 0.3 is 6.03 Å². The number of urea groups is 1. The third kappa shape index (κ3) is 4.94. The molecule has 0 radical (unpaired) electrons. The lowest BCUT2D eigenvalue weighted by molar-refractivity contribution is -0.134. The van der Waals surface area contributed by atoms with Crippen LogP contribution in [0.5, 0.6) is 0 Å². The highest BCUT2D eigenvalue weighted by atomic mass is 32.2. The van der Waals surface area contributed by atoms with Gasteiger partial charge in [-0.25, -0.2) is 22.9 Å². The van der Waals surface area contributed by atoms with E-state index in [9.17, 15) is 18.0 Å². The molecular weight excluding hydrogens is 432 g/mol. The average Bonchev–Trinajstić information content (AvgIpc) is 3.19. The number of amidine groups is 1. The second-order valence-electron chi connectivity index (χ2n) is 8.20. The van der Waals surface area contributed by atoms with Crippen LogP contribution in [0, 0.1) is 0 Å². The molecule has 0 aromatic heterocycles. The summed E-state index contributed by atoms with van der Waals surface area (Å²) in [5.41, 5.74) is 0.658. The number of rotatable bonds is 10. The first kappa shape index (κ1) is 24.1. The molecule has 2 aliphatic heterocycles. The van der Waals surface area contributed by atoms with E-state index >= 15 is 0 Å². The molecule has 0 saturated carbocycles. The van der Waals surface area contributed by atoms with E-state index in [1.165, 1.54) is 17.0 Å². The Morgan fingerprint density at radius 3 is 2.34 bits per heavy atom. The summed E-state index contributed by atoms with van der Waals surface area (Å²) in [6, 6.07) is 5.39. The van der Waals surface area contributed by atoms with Crippen LogP contribution in [0.25, 0.3) is 0 Å². The minimum atomic E-state index is -3.61. The van der Waals surface area contributed by atoms with Gasteiger partial charge in [0.15, 0.2) is 6.17 Å². The Balaban J connectivity index is 1.79. The lowest BCUT2D eigenvalue weighted by atomic mass is 10.1. The third-order valence-corrected chi connectivity index (χ3v) is 6.86. The molecule has 1 fully saturated rings. The van der Waals surface area contributed by atoms with E-state index in [-0.39, 0.29) is 16.8 Å². The smallest absolute Gasteiger partial charge is 0.328 e. The van der Waals surface area contributed by atoms with Crippen LogP contribution in [0.1, 0.15) is 32.3 Å². The number of benzene rings is 1. The summed E-state index contributed by atoms with van der Waals surface area (Å²) in [5.74, 6) is 0.197. The third-order valence-electron chi connectivity index (χ3n) is 5.38. The molecule has 2 N–H and O–H groups in total. The Hall–Kier alpha value is -2.50. The number of nitrogens with zero attached hydrogens (tertiary/aromatic N) is 4. The summed E-state index contributed by atoms with van der Waals surface area (Å²) in [4.78, 5) is 35.4. The quantitative estimate of drug-likeness (QED) is 0.526. The van der Waals surface area contributed by atoms with Crippen molar-refractivity contribution in [2.45, 2.75) is 43.8 Å². The van der Waals surface area contributed by atoms with Gasteiger partial charge in [0.05, 0.1) is 4.90 Å². The molecule has 0 aliphatic carbocycles. The van der Waals surface area contributed by atoms with Gasteiger partial charge in [-0.05, 0) is 51.2 Å². The normalized spacial score (nSPS) is 21.1. The number of imide groups is 1. The highest BCUT2D eigenvalue weighted by Crippen LogP contribution is 2.25. The highest BCUT2D eigenvalue weighted by Gasteiger charge is 2.49. The van der Waals surface area contributed by atoms with Crippen molar-refractivity contribution in [3.05, 3.63) is 29.8 Å². The van der Waals surface area contributed by atoms with Gasteiger partial charge < -0.3 is 10.2 Å². The zero-order valence-corrected chi connectivity index (χ0v) is 19.9. The van der Waals surface area contributed by atoms with E-state index in [0.29, 0.717) is 44.0 Å². The van der Waals surface area contributed by atoms with Crippen molar-refractivity contribution in [2.75, 3.05) is 40.3 Å². The average molecular weight is 465 g/mol. The first-order chi connectivity index (χ1) is 15.2. The van der Waals surface area contributed by atoms with Crippen LogP contribution in [-0.2, 0) is 14.8 Å². The van der Waals surface area contributed by atoms with Gasteiger partial charge in [0.2, 0.25) is 10.0 Å². The van der Waals surface area contributed by atoms with Gasteiger partial charge in [0.25, 0.3) is 5.91 Å². The molecule has 176 valence electrons. The van der Waals surface area contributed by atoms with Crippen molar-refractivity contribution in [2.24, 2.45) is 4.99 Å². The van der Waals surface area contributed by atoms with E-state index in [0.717, 1.165) is 6.42 Å². The molecule has 1 aromatic carbocycles. The number of nitrogens with one attached hydrogen (secondary N) is 2. The molecule has 1 saturated heterocycles. The lowest BCUT2D eigenvalue weighted by Gasteiger charge is -2.40. The van der Waals surface area contributed by atoms with Crippen LogP contribution in [0.2, 0.25) is 0 Å². The molecule has 10 nitrogen and oxygen atoms in total. The maximum Gasteiger partial charge on any atom is 0.328 e. The number of hydrogen-bond donors (Lipinski definition) is 2. The van der Waals surface area contributed by atoms with Crippen LogP contribution in [0.4, 0.5) is 4.79 Å². The molecule has 2 atom stereocenters. The Labute approximate surface area is 189 Å². The van der Waals surface area contributed by atoms with Crippen molar-refractivity contribution in [3.63, 3.8) is 0 Å². The fourth-order valence-electron chi connectivity index (χ4n) is 3.77. The predicted octanol–water partition coefficient (Wildman–Crippen LogP) is 0.655. The summed E-state index contributed by atoms with van der Waals surface area (Å²) < 4.78 is 27.5. The second kappa shape index (κ2) is 9.97. The number of fused-ring (bicyclic) bond motifs is 1. The Morgan fingerprint density at radius 1 is 1.09 bits per heavy atom. The highest BCUT2D eigenvalue weighted by molar-refractivity contribution is 7.89. The van der Waals surface area contributed by atoms with Gasteiger partial charge in [-0.15, -0.1) is 0 Å². The molecule has 1 aromatic rings. The number of aliphatic imine (C=N–C) groups is 1. The fraction of sp³-hybridized carbons (Fsp3) is 0.571. The predicted molar refractivity (Wildman–Crippen MR) is 122 cm³/mol. The number of sulfonamides is 1. The van der Waals surface area contributed by atoms with E-state index in [1.54, 1.807) is 17.0 Å². The van der Waals surface area contributed by atoms with Crippen LogP contribution in [0.3, 0.4) is 0 Å². The number of carbonyl (C=O) groups is 2. The Bertz CT molecular complexity index is 977. The Morgan fingerprint density at radius 2 is 1.75 bits per heavy atom. The van der Waals surface area contributed by atoms with E-state index in [2.05, 4.69) is 15.0 Å². The first-order valence-corrected chi connectivity index (χ1v) is 12.4. The van der Waals surface area contributed by atoms with Gasteiger partial charge in [-0.1, -0.05) is 13.8 Å². The van der Waals surface area contributed by atoms with Crippen molar-refractivity contribution in [3.8, 4) is 0 Å². The van der Waals surface area contributed by atoms with E-state index in [1.807, 2.05) is 32.8 Å². The Kier molecular flexibility index (Phi) is 7.52. The summed E-state index contributed by atoms with van der Waals surface area (Å²) in [6.07, 6.45) is 0.830. The maximum atomic E-state index is 12.9. The summed E-state index contributed by atoms with van der Waals surface area (Å²) >= 11 is 0. The van der Waals surface area contributed by atoms with Crippen LogP contribution < -0.4 is 10.0 Å². The number of likely N-dealkylation sites (N-methyl/N-ethyl adjacent to an activating group) is 1. The van der Waals surface area contributed by atoms with Crippen molar-refractivity contribution in [1.29, 1.82) is 0 Å². The maximum absolute atomic E-state index is 12.9. The molecule has 2 heterocycles. The molecule has 0 bridgehead atoms. The van der Waals surface area contributed by atoms with Gasteiger partial charge in [-0.2, -0.15) is 0 Å². The number of carbonyl (C=O) groups excluding carboxylic acids is 2. The van der Waals surface area contributed by atoms with Gasteiger partial charge in [0.1, 0.15) is 11.9 Å². The van der Waals surface area contributed by atoms with Gasteiger partial charge in [0, 0.05) is 31.7 Å². The minimum Gasteiger partial charge on any atom is -0.355 e. The monoisotopic (exact) mass is 464 g/mol. The lowest BCUT2D eigenvalue weighted by Crippen LogP contribution is -2.65. The minimum absolute atomic E-state index is 0.156.